The number of nitrogens with one attached hydrogen (secondary N) is 1. The predicted molar refractivity (Wildman–Crippen MR) is 99.4 cm³/mol. The first-order valence-corrected chi connectivity index (χ1v) is 9.02. The number of carbonyl (C=O) groups excluding carboxylic acids is 3. The van der Waals surface area contributed by atoms with Gasteiger partial charge in [-0.15, -0.1) is 0 Å². The lowest BCUT2D eigenvalue weighted by atomic mass is 10.0. The van der Waals surface area contributed by atoms with Crippen LogP contribution < -0.4 is 21.5 Å². The Hall–Kier alpha value is -2.64. The molecule has 0 aromatic heterocycles. The van der Waals surface area contributed by atoms with E-state index in [4.69, 9.17) is 16.2 Å². The number of hydrogen-bond acceptors (Lipinski definition) is 4. The fourth-order valence-corrected chi connectivity index (χ4v) is 2.71. The summed E-state index contributed by atoms with van der Waals surface area (Å²) in [6.07, 6.45) is 4.00. The van der Waals surface area contributed by atoms with Crippen molar-refractivity contribution in [1.82, 2.24) is 5.32 Å². The summed E-state index contributed by atoms with van der Waals surface area (Å²) in [4.78, 5) is 32.3. The summed E-state index contributed by atoms with van der Waals surface area (Å²) < 4.78 is 20.3. The average molecular weight is 381 g/mol. The van der Waals surface area contributed by atoms with Gasteiger partial charge in [-0.3, -0.25) is 14.4 Å². The van der Waals surface area contributed by atoms with Crippen molar-refractivity contribution in [2.24, 2.45) is 11.5 Å². The van der Waals surface area contributed by atoms with Gasteiger partial charge in [0.15, 0.2) is 11.6 Å². The summed E-state index contributed by atoms with van der Waals surface area (Å²) in [5.41, 5.74) is 11.6. The fourth-order valence-electron chi connectivity index (χ4n) is 2.71. The van der Waals surface area contributed by atoms with Crippen LogP contribution in [0.5, 0.6) is 5.75 Å². The highest BCUT2D eigenvalue weighted by Gasteiger charge is 2.15. The van der Waals surface area contributed by atoms with Crippen molar-refractivity contribution >= 4 is 18.2 Å². The van der Waals surface area contributed by atoms with E-state index in [-0.39, 0.29) is 24.7 Å². The molecule has 5 N–H and O–H groups in total. The maximum atomic E-state index is 14.8. The molecule has 1 aromatic carbocycles. The third-order valence-corrected chi connectivity index (χ3v) is 4.27. The van der Waals surface area contributed by atoms with E-state index in [9.17, 15) is 18.8 Å². The second-order valence-electron chi connectivity index (χ2n) is 6.50. The SMILES string of the molecule is Cc1ccc(OC[C@H](CCC(N)=O)NC=O)c(F)c1CCCCCC(N)=O. The summed E-state index contributed by atoms with van der Waals surface area (Å²) in [6.45, 7) is 1.86. The van der Waals surface area contributed by atoms with Gasteiger partial charge in [0.25, 0.3) is 0 Å². The van der Waals surface area contributed by atoms with E-state index in [1.807, 2.05) is 6.92 Å². The van der Waals surface area contributed by atoms with E-state index in [0.717, 1.165) is 18.4 Å². The van der Waals surface area contributed by atoms with Crippen LogP contribution in [0.15, 0.2) is 12.1 Å². The third-order valence-electron chi connectivity index (χ3n) is 4.27. The van der Waals surface area contributed by atoms with Gasteiger partial charge < -0.3 is 21.5 Å². The van der Waals surface area contributed by atoms with Gasteiger partial charge in [0.1, 0.15) is 6.61 Å². The van der Waals surface area contributed by atoms with Crippen LogP contribution in [0.4, 0.5) is 4.39 Å². The number of halogens is 1. The van der Waals surface area contributed by atoms with Crippen molar-refractivity contribution in [1.29, 1.82) is 0 Å². The number of benzene rings is 1. The van der Waals surface area contributed by atoms with Crippen molar-refractivity contribution in [2.45, 2.75) is 57.9 Å². The molecule has 27 heavy (non-hydrogen) atoms. The molecule has 150 valence electrons. The van der Waals surface area contributed by atoms with Gasteiger partial charge in [0.2, 0.25) is 18.2 Å². The van der Waals surface area contributed by atoms with Crippen molar-refractivity contribution < 1.29 is 23.5 Å². The summed E-state index contributed by atoms with van der Waals surface area (Å²) in [6, 6.07) is 2.89. The minimum absolute atomic E-state index is 0.0318. The molecular weight excluding hydrogens is 353 g/mol. The Kier molecular flexibility index (Phi) is 9.85. The fraction of sp³-hybridized carbons (Fsp3) is 0.526. The second kappa shape index (κ2) is 11.9. The number of aryl methyl sites for hydroxylation is 1. The lowest BCUT2D eigenvalue weighted by Crippen LogP contribution is -2.35. The smallest absolute Gasteiger partial charge is 0.217 e. The second-order valence-corrected chi connectivity index (χ2v) is 6.50. The molecule has 0 saturated carbocycles. The van der Waals surface area contributed by atoms with E-state index in [1.54, 1.807) is 12.1 Å². The van der Waals surface area contributed by atoms with Gasteiger partial charge in [-0.25, -0.2) is 4.39 Å². The highest BCUT2D eigenvalue weighted by atomic mass is 19.1. The van der Waals surface area contributed by atoms with Crippen molar-refractivity contribution in [2.75, 3.05) is 6.61 Å². The van der Waals surface area contributed by atoms with Gasteiger partial charge in [-0.2, -0.15) is 0 Å². The highest BCUT2D eigenvalue weighted by molar-refractivity contribution is 5.74. The van der Waals surface area contributed by atoms with Gasteiger partial charge in [0.05, 0.1) is 6.04 Å². The zero-order valence-electron chi connectivity index (χ0n) is 15.6. The molecule has 0 aliphatic heterocycles. The Labute approximate surface area is 158 Å². The summed E-state index contributed by atoms with van der Waals surface area (Å²) in [5, 5.41) is 2.54. The first-order valence-electron chi connectivity index (χ1n) is 9.02. The quantitative estimate of drug-likeness (QED) is 0.333. The van der Waals surface area contributed by atoms with Crippen molar-refractivity contribution in [3.63, 3.8) is 0 Å². The minimum atomic E-state index is -0.479. The molecule has 0 aliphatic carbocycles. The van der Waals surface area contributed by atoms with Crippen LogP contribution in [0.3, 0.4) is 0 Å². The number of unbranched alkanes of at least 4 members (excludes halogenated alkanes) is 2. The number of hydrogen-bond donors (Lipinski definition) is 3. The van der Waals surface area contributed by atoms with E-state index in [1.165, 1.54) is 0 Å². The third kappa shape index (κ3) is 8.52. The maximum absolute atomic E-state index is 14.8. The van der Waals surface area contributed by atoms with E-state index >= 15 is 0 Å². The Morgan fingerprint density at radius 3 is 2.52 bits per heavy atom. The number of ether oxygens (including phenoxy) is 1. The number of carbonyl (C=O) groups is 3. The van der Waals surface area contributed by atoms with E-state index in [0.29, 0.717) is 37.7 Å². The van der Waals surface area contributed by atoms with Crippen LogP contribution >= 0.6 is 0 Å². The lowest BCUT2D eigenvalue weighted by molar-refractivity contribution is -0.119. The molecule has 0 bridgehead atoms. The summed E-state index contributed by atoms with van der Waals surface area (Å²) >= 11 is 0. The molecule has 1 aromatic rings. The molecule has 0 saturated heterocycles. The number of rotatable bonds is 14. The monoisotopic (exact) mass is 381 g/mol. The van der Waals surface area contributed by atoms with Crippen LogP contribution in [0.25, 0.3) is 0 Å². The molecule has 3 amide bonds. The van der Waals surface area contributed by atoms with E-state index < -0.39 is 17.8 Å². The molecule has 1 atom stereocenters. The molecule has 0 aliphatic rings. The Balaban J connectivity index is 2.65. The normalized spacial score (nSPS) is 11.6. The molecule has 0 fully saturated rings. The molecule has 7 nitrogen and oxygen atoms in total. The van der Waals surface area contributed by atoms with Crippen LogP contribution in [0, 0.1) is 12.7 Å². The number of amides is 3. The molecule has 0 spiro atoms. The highest BCUT2D eigenvalue weighted by Crippen LogP contribution is 2.25. The number of primary amides is 2. The molecule has 8 heteroatoms. The first kappa shape index (κ1) is 22.4. The lowest BCUT2D eigenvalue weighted by Gasteiger charge is -2.18. The standard InChI is InChI=1S/C19H28FN3O4/c1-13-7-9-16(27-11-14(23-12-24)8-10-18(22)26)19(20)15(13)5-3-2-4-6-17(21)25/h7,9,12,14H,2-6,8,10-11H2,1H3,(H2,21,25)(H2,22,26)(H,23,24)/t14-/m0/s1. The average Bonchev–Trinajstić information content (AvgIpc) is 2.60. The minimum Gasteiger partial charge on any atom is -0.488 e. The van der Waals surface area contributed by atoms with Gasteiger partial charge in [-0.05, 0) is 49.8 Å². The van der Waals surface area contributed by atoms with E-state index in [2.05, 4.69) is 5.32 Å². The Morgan fingerprint density at radius 1 is 1.19 bits per heavy atom. The number of nitrogens with two attached hydrogens (primary N) is 2. The summed E-state index contributed by atoms with van der Waals surface area (Å²) in [5.74, 6) is -1.13. The molecule has 0 heterocycles. The Morgan fingerprint density at radius 2 is 1.89 bits per heavy atom. The topological polar surface area (TPSA) is 125 Å². The summed E-state index contributed by atoms with van der Waals surface area (Å²) in [7, 11) is 0. The maximum Gasteiger partial charge on any atom is 0.217 e. The van der Waals surface area contributed by atoms with Gasteiger partial charge in [0, 0.05) is 12.8 Å². The van der Waals surface area contributed by atoms with Crippen LogP contribution in [0.2, 0.25) is 0 Å². The van der Waals surface area contributed by atoms with Crippen LogP contribution in [-0.4, -0.2) is 30.9 Å². The van der Waals surface area contributed by atoms with Crippen molar-refractivity contribution in [3.8, 4) is 5.75 Å². The van der Waals surface area contributed by atoms with Gasteiger partial charge >= 0.3 is 0 Å². The predicted octanol–water partition coefficient (Wildman–Crippen LogP) is 1.48. The molecule has 1 rings (SSSR count). The molecule has 0 unspecified atom stereocenters. The zero-order valence-corrected chi connectivity index (χ0v) is 15.6. The van der Waals surface area contributed by atoms with Crippen LogP contribution in [-0.2, 0) is 20.8 Å². The first-order chi connectivity index (χ1) is 12.8. The van der Waals surface area contributed by atoms with Gasteiger partial charge in [-0.1, -0.05) is 12.5 Å². The van der Waals surface area contributed by atoms with Crippen molar-refractivity contribution in [3.05, 3.63) is 29.1 Å². The largest absolute Gasteiger partial charge is 0.488 e. The van der Waals surface area contributed by atoms with Crippen LogP contribution in [0.1, 0.15) is 49.7 Å². The molecular formula is C19H28FN3O4. The zero-order chi connectivity index (χ0) is 20.2. The molecule has 0 radical (unpaired) electrons. The Bertz CT molecular complexity index is 652.